The van der Waals surface area contributed by atoms with Crippen LogP contribution in [0.3, 0.4) is 0 Å². The lowest BCUT2D eigenvalue weighted by Crippen LogP contribution is -2.54. The van der Waals surface area contributed by atoms with Crippen LogP contribution in [0.5, 0.6) is 0 Å². The highest BCUT2D eigenvalue weighted by atomic mass is 15.1. The van der Waals surface area contributed by atoms with Gasteiger partial charge in [0.2, 0.25) is 0 Å². The molecule has 0 aromatic rings. The van der Waals surface area contributed by atoms with E-state index in [1.807, 2.05) is 0 Å². The van der Waals surface area contributed by atoms with E-state index in [9.17, 15) is 0 Å². The van der Waals surface area contributed by atoms with Crippen molar-refractivity contribution in [3.8, 4) is 0 Å². The fraction of sp³-hybridized carbons (Fsp3) is 1.00. The second-order valence-electron chi connectivity index (χ2n) is 3.03. The zero-order valence-corrected chi connectivity index (χ0v) is 5.04. The smallest absolute Gasteiger partial charge is 0.00892 e. The molecule has 2 rings (SSSR count). The van der Waals surface area contributed by atoms with Crippen LogP contribution in [0.4, 0.5) is 0 Å². The lowest BCUT2D eigenvalue weighted by molar-refractivity contribution is 0.197. The van der Waals surface area contributed by atoms with Crippen molar-refractivity contribution in [2.45, 2.75) is 6.42 Å². The van der Waals surface area contributed by atoms with Gasteiger partial charge in [-0.3, -0.25) is 0 Å². The molecule has 2 nitrogen and oxygen atoms in total. The van der Waals surface area contributed by atoms with Gasteiger partial charge in [0.1, 0.15) is 0 Å². The van der Waals surface area contributed by atoms with Gasteiger partial charge in [-0.1, -0.05) is 0 Å². The molecule has 0 unspecified atom stereocenters. The highest BCUT2D eigenvalue weighted by Crippen LogP contribution is 2.28. The highest BCUT2D eigenvalue weighted by molar-refractivity contribution is 4.97. The lowest BCUT2D eigenvalue weighted by Gasteiger charge is -2.38. The molecular weight excluding hydrogens is 100 g/mol. The van der Waals surface area contributed by atoms with E-state index in [-0.39, 0.29) is 0 Å². The summed E-state index contributed by atoms with van der Waals surface area (Å²) in [6.07, 6.45) is 1.39. The van der Waals surface area contributed by atoms with E-state index in [1.165, 1.54) is 32.6 Å². The molecule has 2 aliphatic heterocycles. The standard InChI is InChI=1S/C6H12N2/c1-2-7-3-6(1)4-8-5-6/h7-8H,1-5H2. The summed E-state index contributed by atoms with van der Waals surface area (Å²) in [4.78, 5) is 0. The van der Waals surface area contributed by atoms with Crippen molar-refractivity contribution in [1.82, 2.24) is 10.6 Å². The Kier molecular flexibility index (Phi) is 0.866. The molecule has 2 heterocycles. The van der Waals surface area contributed by atoms with Gasteiger partial charge in [-0.15, -0.1) is 0 Å². The van der Waals surface area contributed by atoms with Gasteiger partial charge < -0.3 is 10.6 Å². The number of hydrogen-bond acceptors (Lipinski definition) is 2. The van der Waals surface area contributed by atoms with Crippen molar-refractivity contribution >= 4 is 0 Å². The van der Waals surface area contributed by atoms with Gasteiger partial charge in [0.25, 0.3) is 0 Å². The van der Waals surface area contributed by atoms with Crippen molar-refractivity contribution in [2.75, 3.05) is 26.2 Å². The summed E-state index contributed by atoms with van der Waals surface area (Å²) in [5, 5.41) is 6.68. The van der Waals surface area contributed by atoms with Gasteiger partial charge in [0, 0.05) is 25.0 Å². The van der Waals surface area contributed by atoms with Gasteiger partial charge >= 0.3 is 0 Å². The summed E-state index contributed by atoms with van der Waals surface area (Å²) >= 11 is 0. The maximum Gasteiger partial charge on any atom is 0.00892 e. The van der Waals surface area contributed by atoms with Crippen LogP contribution >= 0.6 is 0 Å². The second kappa shape index (κ2) is 1.45. The molecule has 0 amide bonds. The van der Waals surface area contributed by atoms with Gasteiger partial charge in [-0.05, 0) is 13.0 Å². The minimum atomic E-state index is 0.694. The third-order valence-corrected chi connectivity index (χ3v) is 2.33. The van der Waals surface area contributed by atoms with Crippen LogP contribution in [0, 0.1) is 5.41 Å². The normalized spacial score (nSPS) is 33.0. The fourth-order valence-corrected chi connectivity index (χ4v) is 1.58. The molecule has 0 aromatic heterocycles. The maximum absolute atomic E-state index is 3.38. The van der Waals surface area contributed by atoms with Crippen LogP contribution in [0.1, 0.15) is 6.42 Å². The minimum absolute atomic E-state index is 0.694. The molecule has 2 aliphatic rings. The number of nitrogens with one attached hydrogen (secondary N) is 2. The van der Waals surface area contributed by atoms with E-state index in [0.29, 0.717) is 5.41 Å². The largest absolute Gasteiger partial charge is 0.316 e. The topological polar surface area (TPSA) is 24.1 Å². The first kappa shape index (κ1) is 4.77. The molecule has 0 aliphatic carbocycles. The first-order valence-corrected chi connectivity index (χ1v) is 3.33. The van der Waals surface area contributed by atoms with Gasteiger partial charge in [-0.25, -0.2) is 0 Å². The molecular formula is C6H12N2. The van der Waals surface area contributed by atoms with Crippen molar-refractivity contribution < 1.29 is 0 Å². The molecule has 2 heteroatoms. The van der Waals surface area contributed by atoms with Gasteiger partial charge in [-0.2, -0.15) is 0 Å². The highest BCUT2D eigenvalue weighted by Gasteiger charge is 2.38. The minimum Gasteiger partial charge on any atom is -0.316 e. The van der Waals surface area contributed by atoms with Crippen LogP contribution < -0.4 is 10.6 Å². The SMILES string of the molecule is C1CC2(CN1)CNC2. The molecule has 0 radical (unpaired) electrons. The van der Waals surface area contributed by atoms with Crippen LogP contribution in [0.2, 0.25) is 0 Å². The lowest BCUT2D eigenvalue weighted by atomic mass is 9.81. The first-order chi connectivity index (χ1) is 3.91. The fourth-order valence-electron chi connectivity index (χ4n) is 1.58. The van der Waals surface area contributed by atoms with E-state index in [2.05, 4.69) is 10.6 Å². The molecule has 0 saturated carbocycles. The zero-order valence-electron chi connectivity index (χ0n) is 5.04. The summed E-state index contributed by atoms with van der Waals surface area (Å²) in [5.41, 5.74) is 0.694. The monoisotopic (exact) mass is 112 g/mol. The quantitative estimate of drug-likeness (QED) is 0.444. The Morgan fingerprint density at radius 1 is 1.00 bits per heavy atom. The van der Waals surface area contributed by atoms with E-state index in [1.54, 1.807) is 0 Å². The van der Waals surface area contributed by atoms with Gasteiger partial charge in [0.15, 0.2) is 0 Å². The molecule has 8 heavy (non-hydrogen) atoms. The summed E-state index contributed by atoms with van der Waals surface area (Å²) < 4.78 is 0. The molecule has 0 aromatic carbocycles. The Morgan fingerprint density at radius 2 is 1.75 bits per heavy atom. The van der Waals surface area contributed by atoms with Crippen LogP contribution in [-0.4, -0.2) is 26.2 Å². The third kappa shape index (κ3) is 0.501. The summed E-state index contributed by atoms with van der Waals surface area (Å²) in [5.74, 6) is 0. The van der Waals surface area contributed by atoms with Crippen LogP contribution in [-0.2, 0) is 0 Å². The second-order valence-corrected chi connectivity index (χ2v) is 3.03. The molecule has 2 N–H and O–H groups in total. The van der Waals surface area contributed by atoms with E-state index in [4.69, 9.17) is 0 Å². The molecule has 1 spiro atoms. The molecule has 2 fully saturated rings. The van der Waals surface area contributed by atoms with Crippen LogP contribution in [0.25, 0.3) is 0 Å². The average molecular weight is 112 g/mol. The molecule has 46 valence electrons. The summed E-state index contributed by atoms with van der Waals surface area (Å²) in [7, 11) is 0. The predicted octanol–water partition coefficient (Wildman–Crippen LogP) is -0.431. The molecule has 2 saturated heterocycles. The summed E-state index contributed by atoms with van der Waals surface area (Å²) in [6.45, 7) is 4.99. The van der Waals surface area contributed by atoms with Crippen molar-refractivity contribution in [1.29, 1.82) is 0 Å². The van der Waals surface area contributed by atoms with Crippen molar-refractivity contribution in [3.63, 3.8) is 0 Å². The number of rotatable bonds is 0. The zero-order chi connectivity index (χ0) is 5.45. The van der Waals surface area contributed by atoms with Crippen LogP contribution in [0.15, 0.2) is 0 Å². The third-order valence-electron chi connectivity index (χ3n) is 2.33. The Bertz CT molecular complexity index is 88.7. The number of hydrogen-bond donors (Lipinski definition) is 2. The Balaban J connectivity index is 2.01. The molecule has 0 bridgehead atoms. The van der Waals surface area contributed by atoms with Gasteiger partial charge in [0.05, 0.1) is 0 Å². The maximum atomic E-state index is 3.38. The van der Waals surface area contributed by atoms with E-state index < -0.39 is 0 Å². The predicted molar refractivity (Wildman–Crippen MR) is 32.8 cm³/mol. The van der Waals surface area contributed by atoms with E-state index >= 15 is 0 Å². The van der Waals surface area contributed by atoms with E-state index in [0.717, 1.165) is 0 Å². The van der Waals surface area contributed by atoms with Crippen molar-refractivity contribution in [2.24, 2.45) is 5.41 Å². The first-order valence-electron chi connectivity index (χ1n) is 3.33. The van der Waals surface area contributed by atoms with Crippen molar-refractivity contribution in [3.05, 3.63) is 0 Å². The Hall–Kier alpha value is -0.0800. The molecule has 0 atom stereocenters. The average Bonchev–Trinajstić information content (AvgIpc) is 2.07. The Morgan fingerprint density at radius 3 is 2.00 bits per heavy atom. The Labute approximate surface area is 49.7 Å². The summed E-state index contributed by atoms with van der Waals surface area (Å²) in [6, 6.07) is 0.